The Labute approximate surface area is 247 Å². The first-order chi connectivity index (χ1) is 20.8. The van der Waals surface area contributed by atoms with Crippen LogP contribution in [0.15, 0.2) is 64.0 Å². The van der Waals surface area contributed by atoms with E-state index in [0.29, 0.717) is 29.6 Å². The molecule has 0 radical (unpaired) electrons. The zero-order valence-electron chi connectivity index (χ0n) is 22.5. The highest BCUT2D eigenvalue weighted by Gasteiger charge is 2.66. The Morgan fingerprint density at radius 3 is 2.65 bits per heavy atom. The van der Waals surface area contributed by atoms with Crippen molar-refractivity contribution >= 4 is 39.7 Å². The fourth-order valence-electron chi connectivity index (χ4n) is 5.66. The summed E-state index contributed by atoms with van der Waals surface area (Å²) in [5, 5.41) is 14.6. The van der Waals surface area contributed by atoms with Crippen molar-refractivity contribution in [1.29, 1.82) is 0 Å². The molecule has 2 saturated carbocycles. The number of amides is 1. The molecule has 220 valence electrons. The Balaban J connectivity index is 1.14. The topological polar surface area (TPSA) is 118 Å². The fourth-order valence-corrected chi connectivity index (χ4v) is 7.07. The molecule has 4 aliphatic rings. The van der Waals surface area contributed by atoms with Gasteiger partial charge in [0.2, 0.25) is 6.17 Å². The predicted octanol–water partition coefficient (Wildman–Crippen LogP) is 4.99. The molecule has 0 spiro atoms. The average Bonchev–Trinajstić information content (AvgIpc) is 3.90. The van der Waals surface area contributed by atoms with Gasteiger partial charge in [0.25, 0.3) is 11.8 Å². The number of rotatable bonds is 6. The van der Waals surface area contributed by atoms with E-state index in [2.05, 4.69) is 25.8 Å². The first-order valence-corrected chi connectivity index (χ1v) is 14.7. The monoisotopic (exact) mass is 607 g/mol. The highest BCUT2D eigenvalue weighted by Crippen LogP contribution is 2.61. The summed E-state index contributed by atoms with van der Waals surface area (Å²) in [4.78, 5) is 24.5. The third-order valence-electron chi connectivity index (χ3n) is 8.22. The number of aromatic nitrogens is 3. The average molecular weight is 608 g/mol. The van der Waals surface area contributed by atoms with E-state index in [9.17, 15) is 18.0 Å². The van der Waals surface area contributed by atoms with Gasteiger partial charge in [-0.05, 0) is 25.3 Å². The lowest BCUT2D eigenvalue weighted by molar-refractivity contribution is -0.160. The van der Waals surface area contributed by atoms with E-state index in [1.54, 1.807) is 6.07 Å². The molecule has 2 aliphatic carbocycles. The van der Waals surface area contributed by atoms with Crippen molar-refractivity contribution < 1.29 is 27.1 Å². The summed E-state index contributed by atoms with van der Waals surface area (Å²) in [6.07, 6.45) is -4.70. The standard InChI is InChI=1S/C29H24F3N7O3S/c30-29(31,32)28(10-11-28)26-35-21(25(43-26)39-12-13-41-19-14-18(19)39)24-37-38-27(42-24)36-22-23(40)33-17-9-5-4-8-16(17)20(34-22)15-6-2-1-3-7-15/h1-9,18-19,22H,10-14H2,(H,33,40)(H,36,38)/t18-,19?,22-/m1/s1. The Morgan fingerprint density at radius 1 is 1.07 bits per heavy atom. The molecule has 14 heteroatoms. The smallest absolute Gasteiger partial charge is 0.400 e. The molecule has 3 atom stereocenters. The van der Waals surface area contributed by atoms with Crippen molar-refractivity contribution in [2.45, 2.75) is 49.2 Å². The van der Waals surface area contributed by atoms with E-state index >= 15 is 0 Å². The molecule has 1 amide bonds. The minimum Gasteiger partial charge on any atom is -0.402 e. The van der Waals surface area contributed by atoms with Crippen molar-refractivity contribution in [3.05, 3.63) is 70.7 Å². The van der Waals surface area contributed by atoms with Crippen LogP contribution in [0, 0.1) is 0 Å². The highest BCUT2D eigenvalue weighted by atomic mass is 32.1. The van der Waals surface area contributed by atoms with Crippen molar-refractivity contribution in [3.8, 4) is 11.6 Å². The van der Waals surface area contributed by atoms with Crippen LogP contribution < -0.4 is 15.5 Å². The zero-order valence-corrected chi connectivity index (χ0v) is 23.3. The molecule has 2 aromatic heterocycles. The summed E-state index contributed by atoms with van der Waals surface area (Å²) in [5.74, 6) is -0.477. The van der Waals surface area contributed by atoms with Gasteiger partial charge in [-0.25, -0.2) is 9.98 Å². The first-order valence-electron chi connectivity index (χ1n) is 13.9. The Hall–Kier alpha value is -4.30. The number of nitrogens with zero attached hydrogens (tertiary/aromatic N) is 5. The maximum Gasteiger partial charge on any atom is 0.400 e. The minimum atomic E-state index is -4.41. The largest absolute Gasteiger partial charge is 0.402 e. The molecule has 8 rings (SSSR count). The normalized spacial score (nSPS) is 23.9. The second kappa shape index (κ2) is 9.61. The molecule has 4 heterocycles. The molecule has 2 aromatic carbocycles. The molecule has 2 N–H and O–H groups in total. The number of benzene rings is 2. The van der Waals surface area contributed by atoms with E-state index in [4.69, 9.17) is 14.1 Å². The van der Waals surface area contributed by atoms with Crippen LogP contribution in [0.1, 0.15) is 35.4 Å². The van der Waals surface area contributed by atoms with Crippen LogP contribution in [-0.4, -0.2) is 64.4 Å². The number of halogens is 3. The lowest BCUT2D eigenvalue weighted by atomic mass is 10.0. The Bertz CT molecular complexity index is 1750. The van der Waals surface area contributed by atoms with Crippen molar-refractivity contribution in [1.82, 2.24) is 15.2 Å². The van der Waals surface area contributed by atoms with Crippen LogP contribution in [-0.2, 0) is 14.9 Å². The summed E-state index contributed by atoms with van der Waals surface area (Å²) in [5.41, 5.74) is 1.01. The van der Waals surface area contributed by atoms with Gasteiger partial charge in [0.05, 0.1) is 30.2 Å². The van der Waals surface area contributed by atoms with Crippen LogP contribution in [0.5, 0.6) is 0 Å². The number of carbonyl (C=O) groups is 1. The number of carbonyl (C=O) groups excluding carboxylic acids is 1. The molecule has 2 aliphatic heterocycles. The summed E-state index contributed by atoms with van der Waals surface area (Å²) in [6, 6.07) is 16.8. The van der Waals surface area contributed by atoms with E-state index in [0.717, 1.165) is 28.9 Å². The zero-order chi connectivity index (χ0) is 29.3. The molecule has 43 heavy (non-hydrogen) atoms. The SMILES string of the molecule is O=C1Nc2ccccc2C(c2ccccc2)=N[C@@H]1Nc1nnc(-c2nc(C3(C(F)(F)F)CC3)sc2N2CCOC3C[C@H]32)o1. The second-order valence-corrected chi connectivity index (χ2v) is 12.0. The Morgan fingerprint density at radius 2 is 1.86 bits per heavy atom. The molecule has 3 fully saturated rings. The summed E-state index contributed by atoms with van der Waals surface area (Å²) >= 11 is 1.03. The van der Waals surface area contributed by atoms with Crippen molar-refractivity contribution in [2.75, 3.05) is 28.7 Å². The van der Waals surface area contributed by atoms with E-state index in [-0.39, 0.29) is 47.6 Å². The van der Waals surface area contributed by atoms with Crippen molar-refractivity contribution in [2.24, 2.45) is 4.99 Å². The fraction of sp³-hybridized carbons (Fsp3) is 0.345. The minimum absolute atomic E-state index is 0.000542. The van der Waals surface area contributed by atoms with Gasteiger partial charge < -0.3 is 24.7 Å². The number of para-hydroxylation sites is 1. The number of aliphatic imine (C=N–C) groups is 1. The number of benzodiazepines with no additional fused rings is 1. The number of hydrogen-bond donors (Lipinski definition) is 2. The van der Waals surface area contributed by atoms with Crippen LogP contribution in [0.2, 0.25) is 0 Å². The molecule has 4 aromatic rings. The maximum absolute atomic E-state index is 14.1. The maximum atomic E-state index is 14.1. The van der Waals surface area contributed by atoms with E-state index < -0.39 is 23.7 Å². The van der Waals surface area contributed by atoms with Gasteiger partial charge in [0.15, 0.2) is 5.69 Å². The third kappa shape index (κ3) is 4.47. The predicted molar refractivity (Wildman–Crippen MR) is 152 cm³/mol. The van der Waals surface area contributed by atoms with Gasteiger partial charge in [-0.3, -0.25) is 4.79 Å². The van der Waals surface area contributed by atoms with Crippen LogP contribution in [0.25, 0.3) is 11.6 Å². The van der Waals surface area contributed by atoms with Crippen LogP contribution in [0.4, 0.5) is 29.9 Å². The quantitative estimate of drug-likeness (QED) is 0.315. The van der Waals surface area contributed by atoms with Crippen LogP contribution in [0.3, 0.4) is 0 Å². The third-order valence-corrected chi connectivity index (χ3v) is 9.51. The van der Waals surface area contributed by atoms with Gasteiger partial charge >= 0.3 is 12.2 Å². The molecule has 0 bridgehead atoms. The van der Waals surface area contributed by atoms with Gasteiger partial charge in [-0.1, -0.05) is 65.0 Å². The molecular formula is C29H24F3N7O3S. The van der Waals surface area contributed by atoms with Gasteiger partial charge in [-0.15, -0.1) is 5.10 Å². The van der Waals surface area contributed by atoms with Gasteiger partial charge in [0, 0.05) is 17.7 Å². The molecule has 1 unspecified atom stereocenters. The number of ether oxygens (including phenoxy) is 1. The number of anilines is 3. The first kappa shape index (κ1) is 26.3. The number of alkyl halides is 3. The summed E-state index contributed by atoms with van der Waals surface area (Å²) in [7, 11) is 0. The summed E-state index contributed by atoms with van der Waals surface area (Å²) < 4.78 is 53.8. The number of morpholine rings is 1. The number of thiazole rings is 1. The molecule has 1 saturated heterocycles. The second-order valence-electron chi connectivity index (χ2n) is 11.0. The van der Waals surface area contributed by atoms with E-state index in [1.165, 1.54) is 0 Å². The Kier molecular flexibility index (Phi) is 5.88. The summed E-state index contributed by atoms with van der Waals surface area (Å²) in [6.45, 7) is 0.990. The van der Waals surface area contributed by atoms with E-state index in [1.807, 2.05) is 53.4 Å². The van der Waals surface area contributed by atoms with Gasteiger partial charge in [-0.2, -0.15) is 13.2 Å². The van der Waals surface area contributed by atoms with Crippen molar-refractivity contribution in [3.63, 3.8) is 0 Å². The number of nitrogens with one attached hydrogen (secondary N) is 2. The molecule has 10 nitrogen and oxygen atoms in total. The van der Waals surface area contributed by atoms with Gasteiger partial charge in [0.1, 0.15) is 15.4 Å². The highest BCUT2D eigenvalue weighted by molar-refractivity contribution is 7.16. The number of hydrogen-bond acceptors (Lipinski definition) is 10. The lowest BCUT2D eigenvalue weighted by Crippen LogP contribution is -2.36. The molecular weight excluding hydrogens is 583 g/mol. The lowest BCUT2D eigenvalue weighted by Gasteiger charge is -2.27. The van der Waals surface area contributed by atoms with Crippen LogP contribution >= 0.6 is 11.3 Å². The number of fused-ring (bicyclic) bond motifs is 2.